The number of carbonyl (C=O) groups excluding carboxylic acids is 1. The molecule has 0 radical (unpaired) electrons. The predicted molar refractivity (Wildman–Crippen MR) is 136 cm³/mol. The fraction of sp³-hybridized carbons (Fsp3) is 0.519. The van der Waals surface area contributed by atoms with Crippen LogP contribution in [-0.2, 0) is 20.6 Å². The molecular weight excluding hydrogens is 548 g/mol. The van der Waals surface area contributed by atoms with Crippen molar-refractivity contribution in [2.24, 2.45) is 0 Å². The highest BCUT2D eigenvalue weighted by atomic mass is 16.8. The maximum absolute atomic E-state index is 12.7. The third-order valence-electron chi connectivity index (χ3n) is 7.10. The molecule has 2 aromatic carbocycles. The van der Waals surface area contributed by atoms with E-state index in [0.717, 1.165) is 17.7 Å². The van der Waals surface area contributed by atoms with Gasteiger partial charge in [0.1, 0.15) is 65.2 Å². The van der Waals surface area contributed by atoms with Crippen LogP contribution in [0.1, 0.15) is 29.3 Å². The molecule has 0 bridgehead atoms. The number of aliphatic hydroxyl groups excluding tert-OH is 6. The number of Topliss-reactive ketones (excluding diaryl/α,β-unsaturated/α-hetero) is 1. The average molecular weight is 583 g/mol. The van der Waals surface area contributed by atoms with Gasteiger partial charge in [0.15, 0.2) is 18.2 Å². The SMILES string of the molecule is C[C@@H]1O[C@@H](O[C@H]2[C@H](Oc3cc(O)c(C(=O)CCc4ccc(O)cc4)c(O)c3)O[C@H](CO)[C@@H](O)[C@@H]2O)[C@H](O)[C@H](O)[C@H]1O. The van der Waals surface area contributed by atoms with Gasteiger partial charge in [-0.15, -0.1) is 0 Å². The van der Waals surface area contributed by atoms with Crippen LogP contribution >= 0.6 is 0 Å². The van der Waals surface area contributed by atoms with Crippen LogP contribution in [-0.4, -0.2) is 120 Å². The number of aromatic hydroxyl groups is 3. The lowest BCUT2D eigenvalue weighted by Crippen LogP contribution is -2.64. The van der Waals surface area contributed by atoms with Gasteiger partial charge in [0.25, 0.3) is 0 Å². The molecule has 0 aliphatic carbocycles. The number of carbonyl (C=O) groups is 1. The van der Waals surface area contributed by atoms with Crippen molar-refractivity contribution in [3.05, 3.63) is 47.5 Å². The van der Waals surface area contributed by atoms with Crippen molar-refractivity contribution < 1.29 is 69.7 Å². The molecule has 2 heterocycles. The molecule has 0 saturated carbocycles. The molecule has 2 aromatic rings. The molecule has 2 aliphatic rings. The van der Waals surface area contributed by atoms with Gasteiger partial charge in [-0.05, 0) is 31.0 Å². The van der Waals surface area contributed by atoms with Crippen molar-refractivity contribution in [3.63, 3.8) is 0 Å². The van der Waals surface area contributed by atoms with Crippen LogP contribution in [0.2, 0.25) is 0 Å². The molecule has 14 nitrogen and oxygen atoms in total. The molecule has 41 heavy (non-hydrogen) atoms. The standard InChI is InChI=1S/C27H34O14/c1-11-20(33)22(35)24(37)26(38-11)41-25-23(36)21(34)18(10-28)40-27(25)39-14-8-16(31)19(17(32)9-14)15(30)7-4-12-2-5-13(29)6-3-12/h2-3,5-6,8-9,11,18,20-29,31-37H,4,7,10H2,1H3/t11-,18+,20-,21+,22+,23-,24+,25+,26-,27+/m0/s1. The molecule has 0 unspecified atom stereocenters. The first kappa shape index (κ1) is 30.9. The third kappa shape index (κ3) is 6.72. The molecule has 226 valence electrons. The Kier molecular flexibility index (Phi) is 9.69. The van der Waals surface area contributed by atoms with E-state index in [1.807, 2.05) is 0 Å². The van der Waals surface area contributed by atoms with E-state index in [9.17, 15) is 50.8 Å². The number of aliphatic hydroxyl groups is 6. The van der Waals surface area contributed by atoms with E-state index in [2.05, 4.69) is 0 Å². The Morgan fingerprint density at radius 3 is 2.07 bits per heavy atom. The number of rotatable bonds is 9. The van der Waals surface area contributed by atoms with Crippen molar-refractivity contribution in [3.8, 4) is 23.0 Å². The molecule has 2 aliphatic heterocycles. The number of benzene rings is 2. The highest BCUT2D eigenvalue weighted by molar-refractivity contribution is 6.01. The lowest BCUT2D eigenvalue weighted by atomic mass is 9.97. The number of aryl methyl sites for hydroxylation is 1. The van der Waals surface area contributed by atoms with Crippen LogP contribution < -0.4 is 4.74 Å². The lowest BCUT2D eigenvalue weighted by Gasteiger charge is -2.45. The Morgan fingerprint density at radius 2 is 1.46 bits per heavy atom. The van der Waals surface area contributed by atoms with Crippen LogP contribution in [0.25, 0.3) is 0 Å². The van der Waals surface area contributed by atoms with Crippen molar-refractivity contribution in [1.29, 1.82) is 0 Å². The summed E-state index contributed by atoms with van der Waals surface area (Å²) in [5.74, 6) is -2.00. The van der Waals surface area contributed by atoms with Gasteiger partial charge in [0, 0.05) is 18.6 Å². The first-order valence-corrected chi connectivity index (χ1v) is 12.9. The van der Waals surface area contributed by atoms with Gasteiger partial charge in [-0.25, -0.2) is 0 Å². The van der Waals surface area contributed by atoms with Gasteiger partial charge in [-0.3, -0.25) is 4.79 Å². The van der Waals surface area contributed by atoms with Crippen molar-refractivity contribution in [2.75, 3.05) is 6.61 Å². The summed E-state index contributed by atoms with van der Waals surface area (Å²) in [4.78, 5) is 12.7. The maximum Gasteiger partial charge on any atom is 0.229 e. The van der Waals surface area contributed by atoms with E-state index in [4.69, 9.17) is 18.9 Å². The molecule has 0 aromatic heterocycles. The summed E-state index contributed by atoms with van der Waals surface area (Å²) >= 11 is 0. The van der Waals surface area contributed by atoms with Gasteiger partial charge >= 0.3 is 0 Å². The molecular formula is C27H34O14. The Labute approximate surface area is 234 Å². The zero-order valence-electron chi connectivity index (χ0n) is 21.9. The molecule has 0 amide bonds. The second kappa shape index (κ2) is 12.9. The van der Waals surface area contributed by atoms with Crippen LogP contribution in [0, 0.1) is 0 Å². The normalized spacial score (nSPS) is 33.8. The summed E-state index contributed by atoms with van der Waals surface area (Å²) in [6.45, 7) is 0.675. The van der Waals surface area contributed by atoms with Gasteiger partial charge in [-0.2, -0.15) is 0 Å². The second-order valence-corrected chi connectivity index (χ2v) is 10.0. The molecule has 14 heteroatoms. The minimum atomic E-state index is -1.77. The predicted octanol–water partition coefficient (Wildman–Crippen LogP) is -1.35. The third-order valence-corrected chi connectivity index (χ3v) is 7.10. The average Bonchev–Trinajstić information content (AvgIpc) is 2.93. The highest BCUT2D eigenvalue weighted by Crippen LogP contribution is 2.36. The van der Waals surface area contributed by atoms with Gasteiger partial charge in [0.05, 0.1) is 12.7 Å². The molecule has 4 rings (SSSR count). The zero-order valence-corrected chi connectivity index (χ0v) is 21.9. The summed E-state index contributed by atoms with van der Waals surface area (Å²) < 4.78 is 22.2. The summed E-state index contributed by atoms with van der Waals surface area (Å²) in [6.07, 6.45) is -15.3. The fourth-order valence-corrected chi connectivity index (χ4v) is 4.70. The number of hydrogen-bond acceptors (Lipinski definition) is 14. The van der Waals surface area contributed by atoms with E-state index >= 15 is 0 Å². The molecule has 2 fully saturated rings. The van der Waals surface area contributed by atoms with Crippen LogP contribution in [0.15, 0.2) is 36.4 Å². The Balaban J connectivity index is 1.52. The Hall–Kier alpha value is -3.05. The van der Waals surface area contributed by atoms with E-state index in [-0.39, 0.29) is 29.9 Å². The quantitative estimate of drug-likeness (QED) is 0.156. The monoisotopic (exact) mass is 582 g/mol. The lowest BCUT2D eigenvalue weighted by molar-refractivity contribution is -0.354. The van der Waals surface area contributed by atoms with Crippen LogP contribution in [0.5, 0.6) is 23.0 Å². The van der Waals surface area contributed by atoms with E-state index in [1.165, 1.54) is 19.1 Å². The van der Waals surface area contributed by atoms with Crippen LogP contribution in [0.4, 0.5) is 0 Å². The number of phenolic OH excluding ortho intramolecular Hbond substituents is 3. The van der Waals surface area contributed by atoms with E-state index in [0.29, 0.717) is 0 Å². The molecule has 9 N–H and O–H groups in total. The second-order valence-electron chi connectivity index (χ2n) is 10.0. The summed E-state index contributed by atoms with van der Waals surface area (Å²) in [5, 5.41) is 91.5. The Bertz CT molecular complexity index is 1170. The van der Waals surface area contributed by atoms with Crippen LogP contribution in [0.3, 0.4) is 0 Å². The first-order chi connectivity index (χ1) is 19.4. The summed E-state index contributed by atoms with van der Waals surface area (Å²) in [5.41, 5.74) is 0.385. The highest BCUT2D eigenvalue weighted by Gasteiger charge is 2.51. The maximum atomic E-state index is 12.7. The van der Waals surface area contributed by atoms with Gasteiger partial charge < -0.3 is 64.9 Å². The van der Waals surface area contributed by atoms with Gasteiger partial charge in [0.2, 0.25) is 6.29 Å². The number of ether oxygens (including phenoxy) is 4. The van der Waals surface area contributed by atoms with E-state index in [1.54, 1.807) is 12.1 Å². The minimum absolute atomic E-state index is 0.0706. The number of hydrogen-bond donors (Lipinski definition) is 9. The number of phenols is 3. The van der Waals surface area contributed by atoms with Crippen molar-refractivity contribution in [2.45, 2.75) is 81.2 Å². The first-order valence-electron chi connectivity index (χ1n) is 12.9. The molecule has 10 atom stereocenters. The fourth-order valence-electron chi connectivity index (χ4n) is 4.70. The molecule has 0 spiro atoms. The summed E-state index contributed by atoms with van der Waals surface area (Å²) in [6, 6.07) is 8.22. The van der Waals surface area contributed by atoms with E-state index < -0.39 is 85.3 Å². The number of ketones is 1. The summed E-state index contributed by atoms with van der Waals surface area (Å²) in [7, 11) is 0. The smallest absolute Gasteiger partial charge is 0.229 e. The van der Waals surface area contributed by atoms with Crippen molar-refractivity contribution in [1.82, 2.24) is 0 Å². The topological polar surface area (TPSA) is 236 Å². The minimum Gasteiger partial charge on any atom is -0.508 e. The largest absolute Gasteiger partial charge is 0.508 e. The Morgan fingerprint density at radius 1 is 0.829 bits per heavy atom. The molecule has 2 saturated heterocycles. The zero-order chi connectivity index (χ0) is 30.0. The van der Waals surface area contributed by atoms with Gasteiger partial charge in [-0.1, -0.05) is 12.1 Å². The van der Waals surface area contributed by atoms with Crippen molar-refractivity contribution >= 4 is 5.78 Å².